The Morgan fingerprint density at radius 3 is 1.95 bits per heavy atom. The SMILES string of the molecule is NCC1(c2ccc(C(=O)c3ccc(F)cc3)cc2)CC1. The first-order chi connectivity index (χ1) is 9.64. The van der Waals surface area contributed by atoms with E-state index < -0.39 is 0 Å². The van der Waals surface area contributed by atoms with E-state index in [1.807, 2.05) is 24.3 Å². The number of rotatable bonds is 4. The molecule has 1 fully saturated rings. The van der Waals surface area contributed by atoms with Crippen molar-refractivity contribution in [2.75, 3.05) is 6.54 Å². The van der Waals surface area contributed by atoms with Crippen LogP contribution in [-0.2, 0) is 5.41 Å². The van der Waals surface area contributed by atoms with E-state index in [4.69, 9.17) is 5.73 Å². The minimum absolute atomic E-state index is 0.0888. The van der Waals surface area contributed by atoms with E-state index in [9.17, 15) is 9.18 Å². The van der Waals surface area contributed by atoms with Crippen molar-refractivity contribution in [3.63, 3.8) is 0 Å². The lowest BCUT2D eigenvalue weighted by Crippen LogP contribution is -2.19. The Labute approximate surface area is 117 Å². The average molecular weight is 269 g/mol. The number of nitrogens with two attached hydrogens (primary N) is 1. The van der Waals surface area contributed by atoms with Crippen molar-refractivity contribution in [2.24, 2.45) is 5.73 Å². The van der Waals surface area contributed by atoms with Gasteiger partial charge in [-0.25, -0.2) is 4.39 Å². The van der Waals surface area contributed by atoms with Crippen LogP contribution in [0, 0.1) is 5.82 Å². The molecule has 102 valence electrons. The fraction of sp³-hybridized carbons (Fsp3) is 0.235. The lowest BCUT2D eigenvalue weighted by atomic mass is 9.93. The molecule has 0 bridgehead atoms. The lowest BCUT2D eigenvalue weighted by molar-refractivity contribution is 0.103. The van der Waals surface area contributed by atoms with Gasteiger partial charge in [0.25, 0.3) is 0 Å². The first-order valence-electron chi connectivity index (χ1n) is 6.75. The molecule has 0 aliphatic heterocycles. The Morgan fingerprint density at radius 2 is 1.50 bits per heavy atom. The maximum atomic E-state index is 12.9. The largest absolute Gasteiger partial charge is 0.330 e. The third kappa shape index (κ3) is 2.25. The first kappa shape index (κ1) is 13.0. The molecule has 0 amide bonds. The van der Waals surface area contributed by atoms with Gasteiger partial charge in [0.1, 0.15) is 5.82 Å². The molecule has 1 aliphatic carbocycles. The molecule has 2 N–H and O–H groups in total. The maximum Gasteiger partial charge on any atom is 0.193 e. The Bertz CT molecular complexity index is 627. The fourth-order valence-electron chi connectivity index (χ4n) is 2.50. The lowest BCUT2D eigenvalue weighted by Gasteiger charge is -2.13. The van der Waals surface area contributed by atoms with Crippen LogP contribution in [0.4, 0.5) is 4.39 Å². The summed E-state index contributed by atoms with van der Waals surface area (Å²) in [6.07, 6.45) is 2.24. The van der Waals surface area contributed by atoms with Crippen LogP contribution in [0.3, 0.4) is 0 Å². The second-order valence-corrected chi connectivity index (χ2v) is 5.40. The Kier molecular flexibility index (Phi) is 3.14. The number of ketones is 1. The summed E-state index contributed by atoms with van der Waals surface area (Å²) >= 11 is 0. The van der Waals surface area contributed by atoms with Gasteiger partial charge in [-0.3, -0.25) is 4.79 Å². The molecule has 1 aliphatic rings. The van der Waals surface area contributed by atoms with Crippen molar-refractivity contribution >= 4 is 5.78 Å². The summed E-state index contributed by atoms with van der Waals surface area (Å²) in [4.78, 5) is 12.3. The molecule has 0 atom stereocenters. The molecule has 3 rings (SSSR count). The predicted octanol–water partition coefficient (Wildman–Crippen LogP) is 3.05. The third-order valence-corrected chi connectivity index (χ3v) is 4.11. The molecule has 0 saturated heterocycles. The molecule has 0 spiro atoms. The highest BCUT2D eigenvalue weighted by molar-refractivity contribution is 6.08. The van der Waals surface area contributed by atoms with E-state index in [-0.39, 0.29) is 17.0 Å². The zero-order valence-corrected chi connectivity index (χ0v) is 11.1. The van der Waals surface area contributed by atoms with Gasteiger partial charge < -0.3 is 5.73 Å². The van der Waals surface area contributed by atoms with Crippen LogP contribution in [0.15, 0.2) is 48.5 Å². The van der Waals surface area contributed by atoms with Gasteiger partial charge in [-0.1, -0.05) is 24.3 Å². The van der Waals surface area contributed by atoms with Gasteiger partial charge in [0.05, 0.1) is 0 Å². The predicted molar refractivity (Wildman–Crippen MR) is 76.2 cm³/mol. The Balaban J connectivity index is 1.84. The maximum absolute atomic E-state index is 12.9. The summed E-state index contributed by atoms with van der Waals surface area (Å²) in [7, 11) is 0. The monoisotopic (exact) mass is 269 g/mol. The molecule has 0 radical (unpaired) electrons. The number of hydrogen-bond donors (Lipinski definition) is 1. The van der Waals surface area contributed by atoms with E-state index in [2.05, 4.69) is 0 Å². The smallest absolute Gasteiger partial charge is 0.193 e. The van der Waals surface area contributed by atoms with Crippen molar-refractivity contribution in [3.05, 3.63) is 71.0 Å². The number of carbonyl (C=O) groups is 1. The molecule has 0 aromatic heterocycles. The summed E-state index contributed by atoms with van der Waals surface area (Å²) in [5.74, 6) is -0.426. The van der Waals surface area contributed by atoms with Gasteiger partial charge in [-0.05, 0) is 42.7 Å². The molecule has 0 unspecified atom stereocenters. The van der Waals surface area contributed by atoms with Crippen LogP contribution in [0.5, 0.6) is 0 Å². The van der Waals surface area contributed by atoms with Gasteiger partial charge in [-0.15, -0.1) is 0 Å². The summed E-state index contributed by atoms with van der Waals surface area (Å²) < 4.78 is 12.9. The van der Waals surface area contributed by atoms with E-state index in [1.54, 1.807) is 0 Å². The van der Waals surface area contributed by atoms with E-state index in [0.29, 0.717) is 17.7 Å². The first-order valence-corrected chi connectivity index (χ1v) is 6.75. The van der Waals surface area contributed by atoms with Gasteiger partial charge in [-0.2, -0.15) is 0 Å². The minimum Gasteiger partial charge on any atom is -0.330 e. The molecule has 2 aromatic carbocycles. The zero-order chi connectivity index (χ0) is 14.2. The molecule has 3 heteroatoms. The number of benzene rings is 2. The highest BCUT2D eigenvalue weighted by atomic mass is 19.1. The van der Waals surface area contributed by atoms with Crippen LogP contribution < -0.4 is 5.73 Å². The Hall–Kier alpha value is -2.00. The van der Waals surface area contributed by atoms with Crippen LogP contribution in [-0.4, -0.2) is 12.3 Å². The highest BCUT2D eigenvalue weighted by Gasteiger charge is 2.42. The summed E-state index contributed by atoms with van der Waals surface area (Å²) in [6, 6.07) is 13.2. The quantitative estimate of drug-likeness (QED) is 0.867. The molecule has 20 heavy (non-hydrogen) atoms. The van der Waals surface area contributed by atoms with Crippen molar-refractivity contribution in [1.29, 1.82) is 0 Å². The number of carbonyl (C=O) groups excluding carboxylic acids is 1. The van der Waals surface area contributed by atoms with E-state index in [1.165, 1.54) is 29.8 Å². The van der Waals surface area contributed by atoms with Gasteiger partial charge >= 0.3 is 0 Å². The van der Waals surface area contributed by atoms with Crippen molar-refractivity contribution < 1.29 is 9.18 Å². The summed E-state index contributed by atoms with van der Waals surface area (Å²) in [5, 5.41) is 0. The molecular formula is C17H16FNO. The fourth-order valence-corrected chi connectivity index (χ4v) is 2.50. The van der Waals surface area contributed by atoms with Gasteiger partial charge in [0.2, 0.25) is 0 Å². The molecule has 1 saturated carbocycles. The minimum atomic E-state index is -0.337. The number of hydrogen-bond acceptors (Lipinski definition) is 2. The highest BCUT2D eigenvalue weighted by Crippen LogP contribution is 2.47. The molecule has 2 nitrogen and oxygen atoms in total. The van der Waals surface area contributed by atoms with Crippen molar-refractivity contribution in [2.45, 2.75) is 18.3 Å². The topological polar surface area (TPSA) is 43.1 Å². The number of halogens is 1. The van der Waals surface area contributed by atoms with Crippen molar-refractivity contribution in [1.82, 2.24) is 0 Å². The van der Waals surface area contributed by atoms with Crippen LogP contribution in [0.1, 0.15) is 34.3 Å². The van der Waals surface area contributed by atoms with E-state index >= 15 is 0 Å². The van der Waals surface area contributed by atoms with Crippen LogP contribution >= 0.6 is 0 Å². The van der Waals surface area contributed by atoms with E-state index in [0.717, 1.165) is 12.8 Å². The third-order valence-electron chi connectivity index (χ3n) is 4.11. The second kappa shape index (κ2) is 4.84. The zero-order valence-electron chi connectivity index (χ0n) is 11.1. The molecular weight excluding hydrogens is 253 g/mol. The normalized spacial score (nSPS) is 15.9. The van der Waals surface area contributed by atoms with Crippen molar-refractivity contribution in [3.8, 4) is 0 Å². The standard InChI is InChI=1S/C17H16FNO/c18-15-7-3-13(4-8-15)16(20)12-1-5-14(6-2-12)17(11-19)9-10-17/h1-8H,9-11,19H2. The van der Waals surface area contributed by atoms with Gasteiger partial charge in [0, 0.05) is 23.1 Å². The molecule has 0 heterocycles. The van der Waals surface area contributed by atoms with Crippen LogP contribution in [0.2, 0.25) is 0 Å². The summed E-state index contributed by atoms with van der Waals surface area (Å²) in [6.45, 7) is 0.651. The van der Waals surface area contributed by atoms with Gasteiger partial charge in [0.15, 0.2) is 5.78 Å². The molecule has 2 aromatic rings. The second-order valence-electron chi connectivity index (χ2n) is 5.40. The average Bonchev–Trinajstić information content (AvgIpc) is 3.29. The Morgan fingerprint density at radius 1 is 1.00 bits per heavy atom. The summed E-state index contributed by atoms with van der Waals surface area (Å²) in [5.41, 5.74) is 8.26. The van der Waals surface area contributed by atoms with Crippen LogP contribution in [0.25, 0.3) is 0 Å².